The van der Waals surface area contributed by atoms with Crippen molar-refractivity contribution in [1.82, 2.24) is 14.5 Å². The predicted octanol–water partition coefficient (Wildman–Crippen LogP) is 5.46. The van der Waals surface area contributed by atoms with Gasteiger partial charge in [0.1, 0.15) is 11.9 Å². The van der Waals surface area contributed by atoms with Crippen LogP contribution in [0.15, 0.2) is 54.6 Å². The molecular weight excluding hydrogens is 700 g/mol. The lowest BCUT2D eigenvalue weighted by Crippen LogP contribution is -2.47. The van der Waals surface area contributed by atoms with E-state index in [0.717, 1.165) is 31.2 Å². The number of nitrogens with zero attached hydrogens (tertiary/aromatic N) is 3. The summed E-state index contributed by atoms with van der Waals surface area (Å²) in [6.45, 7) is 1.78. The smallest absolute Gasteiger partial charge is 0.410 e. The zero-order chi connectivity index (χ0) is 37.5. The van der Waals surface area contributed by atoms with Gasteiger partial charge in [-0.15, -0.1) is 0 Å². The van der Waals surface area contributed by atoms with Gasteiger partial charge in [0.15, 0.2) is 5.78 Å². The molecule has 7 rings (SSSR count). The Bertz CT molecular complexity index is 1990. The minimum Gasteiger partial charge on any atom is -0.444 e. The number of nitriles is 1. The number of hydrogen-bond acceptors (Lipinski definition) is 8. The van der Waals surface area contributed by atoms with E-state index < -0.39 is 56.1 Å². The first-order chi connectivity index (χ1) is 25.3. The zero-order valence-corrected chi connectivity index (χ0v) is 30.7. The Balaban J connectivity index is 1.15. The second-order valence-corrected chi connectivity index (χ2v) is 17.9. The molecule has 5 aliphatic rings. The van der Waals surface area contributed by atoms with E-state index in [4.69, 9.17) is 4.74 Å². The first kappa shape index (κ1) is 36.8. The maximum atomic E-state index is 14.6. The van der Waals surface area contributed by atoms with Crippen molar-refractivity contribution in [3.8, 4) is 6.07 Å². The number of carbonyl (C=O) groups excluding carboxylic acids is 4. The van der Waals surface area contributed by atoms with Crippen molar-refractivity contribution in [3.63, 3.8) is 0 Å². The number of carbonyl (C=O) groups is 4. The van der Waals surface area contributed by atoms with Crippen molar-refractivity contribution in [3.05, 3.63) is 82.7 Å². The highest BCUT2D eigenvalue weighted by Crippen LogP contribution is 2.57. The van der Waals surface area contributed by atoms with Crippen LogP contribution in [0, 0.1) is 34.4 Å². The van der Waals surface area contributed by atoms with Crippen LogP contribution in [0.1, 0.15) is 93.4 Å². The first-order valence-corrected chi connectivity index (χ1v) is 20.1. The lowest BCUT2D eigenvalue weighted by atomic mass is 9.90. The summed E-state index contributed by atoms with van der Waals surface area (Å²) >= 11 is 0. The molecule has 3 amide bonds. The fourth-order valence-corrected chi connectivity index (χ4v) is 9.48. The summed E-state index contributed by atoms with van der Waals surface area (Å²) < 4.78 is 47.9. The Morgan fingerprint density at radius 2 is 1.85 bits per heavy atom. The standard InChI is InChI=1S/C40H45FN4O7S/c1-39(16-17-39)53(50,51)43-37(48)40-20-30(40)10-6-4-2-3-5-8-28(18-26-12-14-27(22-42)15-13-26)36(47)45-24-31(19-34(45)35(46)21-40)52-38(49)44-23-29-9-7-11-33(41)32(29)25-44/h6-7,9-15,28,30-31,34H,2-5,8,16-21,23-25H2,1H3,(H,43,48)/b10-6-/t28-,30-,31-,34+,40-/m1/s1. The summed E-state index contributed by atoms with van der Waals surface area (Å²) in [7, 11) is -3.95. The number of sulfonamides is 1. The molecule has 0 radical (unpaired) electrons. The van der Waals surface area contributed by atoms with E-state index in [0.29, 0.717) is 48.8 Å². The van der Waals surface area contributed by atoms with Crippen molar-refractivity contribution in [2.75, 3.05) is 6.54 Å². The van der Waals surface area contributed by atoms with Crippen LogP contribution in [0.4, 0.5) is 9.18 Å². The predicted molar refractivity (Wildman–Crippen MR) is 191 cm³/mol. The zero-order valence-electron chi connectivity index (χ0n) is 29.9. The van der Waals surface area contributed by atoms with Crippen LogP contribution in [-0.2, 0) is 48.7 Å². The van der Waals surface area contributed by atoms with Gasteiger partial charge in [-0.2, -0.15) is 5.26 Å². The van der Waals surface area contributed by atoms with Gasteiger partial charge in [0, 0.05) is 30.9 Å². The molecule has 280 valence electrons. The highest BCUT2D eigenvalue weighted by atomic mass is 32.2. The molecule has 0 bridgehead atoms. The highest BCUT2D eigenvalue weighted by molar-refractivity contribution is 7.91. The molecule has 2 aromatic carbocycles. The summed E-state index contributed by atoms with van der Waals surface area (Å²) in [6, 6.07) is 12.9. The monoisotopic (exact) mass is 744 g/mol. The molecule has 2 aromatic rings. The SMILES string of the molecule is CC1(S(=O)(=O)NC(=O)[C@]23CC(=O)[C@@H]4C[C@@H](OC(=O)N5Cc6cccc(F)c6C5)CN4C(=O)[C@@H](Cc4ccc(C#N)cc4)CCCCC/C=C\[C@@H]2C3)CC1. The molecule has 3 aliphatic heterocycles. The first-order valence-electron chi connectivity index (χ1n) is 18.6. The molecule has 13 heteroatoms. The number of halogens is 1. The Labute approximate surface area is 309 Å². The fraction of sp³-hybridized carbons (Fsp3) is 0.525. The van der Waals surface area contributed by atoms with Crippen molar-refractivity contribution in [2.45, 2.75) is 108 Å². The molecule has 0 unspecified atom stereocenters. The molecule has 3 fully saturated rings. The minimum absolute atomic E-state index is 0.0175. The number of fused-ring (bicyclic) bond motifs is 3. The topological polar surface area (TPSA) is 154 Å². The van der Waals surface area contributed by atoms with E-state index in [1.807, 2.05) is 24.3 Å². The minimum atomic E-state index is -3.95. The third kappa shape index (κ3) is 7.48. The molecule has 2 aliphatic carbocycles. The normalized spacial score (nSPS) is 28.7. The van der Waals surface area contributed by atoms with Gasteiger partial charge in [-0.1, -0.05) is 49.3 Å². The van der Waals surface area contributed by atoms with E-state index in [-0.39, 0.29) is 50.1 Å². The van der Waals surface area contributed by atoms with Crippen LogP contribution in [0.3, 0.4) is 0 Å². The number of amides is 3. The number of Topliss-reactive ketones (excluding diaryl/α,β-unsaturated/α-hetero) is 1. The second kappa shape index (κ2) is 14.3. The maximum absolute atomic E-state index is 14.6. The Kier molecular flexibility index (Phi) is 9.95. The summed E-state index contributed by atoms with van der Waals surface area (Å²) in [4.78, 5) is 59.2. The number of ketones is 1. The van der Waals surface area contributed by atoms with Crippen LogP contribution in [-0.4, -0.2) is 65.3 Å². The Morgan fingerprint density at radius 3 is 2.57 bits per heavy atom. The van der Waals surface area contributed by atoms with E-state index in [2.05, 4.69) is 10.8 Å². The molecule has 1 N–H and O–H groups in total. The van der Waals surface area contributed by atoms with Gasteiger partial charge in [-0.25, -0.2) is 17.6 Å². The average Bonchev–Trinajstić information content (AvgIpc) is 3.92. The average molecular weight is 745 g/mol. The number of nitrogens with one attached hydrogen (secondary N) is 1. The molecule has 53 heavy (non-hydrogen) atoms. The number of hydrogen-bond donors (Lipinski definition) is 1. The molecule has 3 heterocycles. The molecule has 1 saturated heterocycles. The molecule has 11 nitrogen and oxygen atoms in total. The quantitative estimate of drug-likeness (QED) is 0.383. The summed E-state index contributed by atoms with van der Waals surface area (Å²) in [5, 5.41) is 9.28. The second-order valence-electron chi connectivity index (χ2n) is 15.8. The van der Waals surface area contributed by atoms with Gasteiger partial charge in [0.2, 0.25) is 21.8 Å². The summed E-state index contributed by atoms with van der Waals surface area (Å²) in [5.74, 6) is -2.58. The third-order valence-electron chi connectivity index (χ3n) is 12.0. The highest BCUT2D eigenvalue weighted by Gasteiger charge is 2.62. The fourth-order valence-electron chi connectivity index (χ4n) is 8.15. The van der Waals surface area contributed by atoms with Crippen molar-refractivity contribution in [1.29, 1.82) is 5.26 Å². The van der Waals surface area contributed by atoms with E-state index in [1.54, 1.807) is 31.2 Å². The van der Waals surface area contributed by atoms with Gasteiger partial charge < -0.3 is 9.64 Å². The van der Waals surface area contributed by atoms with Crippen LogP contribution >= 0.6 is 0 Å². The number of allylic oxidation sites excluding steroid dienone is 2. The van der Waals surface area contributed by atoms with Gasteiger partial charge >= 0.3 is 6.09 Å². The summed E-state index contributed by atoms with van der Waals surface area (Å²) in [6.07, 6.45) is 7.55. The largest absolute Gasteiger partial charge is 0.444 e. The van der Waals surface area contributed by atoms with Gasteiger partial charge in [0.25, 0.3) is 0 Å². The molecule has 0 spiro atoms. The van der Waals surface area contributed by atoms with Gasteiger partial charge in [-0.3, -0.25) is 24.0 Å². The van der Waals surface area contributed by atoms with E-state index >= 15 is 0 Å². The van der Waals surface area contributed by atoms with Crippen LogP contribution in [0.25, 0.3) is 0 Å². The Morgan fingerprint density at radius 1 is 1.08 bits per heavy atom. The van der Waals surface area contributed by atoms with Gasteiger partial charge in [0.05, 0.1) is 40.9 Å². The van der Waals surface area contributed by atoms with Crippen LogP contribution in [0.2, 0.25) is 0 Å². The molecule has 5 atom stereocenters. The third-order valence-corrected chi connectivity index (χ3v) is 14.1. The van der Waals surface area contributed by atoms with E-state index in [1.165, 1.54) is 15.9 Å². The maximum Gasteiger partial charge on any atom is 0.410 e. The lowest BCUT2D eigenvalue weighted by molar-refractivity contribution is -0.142. The van der Waals surface area contributed by atoms with Crippen LogP contribution < -0.4 is 4.72 Å². The summed E-state index contributed by atoms with van der Waals surface area (Å²) in [5.41, 5.74) is 1.21. The van der Waals surface area contributed by atoms with Crippen molar-refractivity contribution >= 4 is 33.7 Å². The molecule has 0 aromatic heterocycles. The lowest BCUT2D eigenvalue weighted by Gasteiger charge is -2.29. The van der Waals surface area contributed by atoms with Crippen molar-refractivity contribution < 1.29 is 36.7 Å². The number of ether oxygens (including phenoxy) is 1. The van der Waals surface area contributed by atoms with Crippen molar-refractivity contribution in [2.24, 2.45) is 17.3 Å². The number of benzene rings is 2. The van der Waals surface area contributed by atoms with Gasteiger partial charge in [-0.05, 0) is 87.1 Å². The van der Waals surface area contributed by atoms with Crippen LogP contribution in [0.5, 0.6) is 0 Å². The molecule has 2 saturated carbocycles. The number of rotatable bonds is 6. The Hall–Kier alpha value is -4.57. The van der Waals surface area contributed by atoms with E-state index in [9.17, 15) is 37.2 Å². The molecular formula is C40H45FN4O7S.